The standard InChI is InChI=1S/C21H32N6OS/c1-15(2)5-9-22-20(28)19-25-24-18-4-6-21(13-27(18)19)7-10-26(11-8-21)12-17-16(3)23-14-29-17/h14-15H,4-13H2,1-3H3,(H,22,28). The number of nitrogens with zero attached hydrogens (tertiary/aromatic N) is 5. The van der Waals surface area contributed by atoms with E-state index in [9.17, 15) is 4.79 Å². The molecule has 0 unspecified atom stereocenters. The van der Waals surface area contributed by atoms with Crippen molar-refractivity contribution >= 4 is 17.2 Å². The van der Waals surface area contributed by atoms with Crippen LogP contribution in [-0.2, 0) is 19.5 Å². The molecule has 1 spiro atoms. The van der Waals surface area contributed by atoms with Gasteiger partial charge in [0.1, 0.15) is 5.82 Å². The fourth-order valence-electron chi connectivity index (χ4n) is 4.47. The van der Waals surface area contributed by atoms with E-state index in [1.165, 1.54) is 4.88 Å². The lowest BCUT2D eigenvalue weighted by molar-refractivity contribution is 0.0621. The maximum absolute atomic E-state index is 12.6. The number of hydrogen-bond donors (Lipinski definition) is 1. The van der Waals surface area contributed by atoms with Gasteiger partial charge in [0.25, 0.3) is 5.91 Å². The van der Waals surface area contributed by atoms with E-state index in [1.807, 2.05) is 5.51 Å². The number of piperidine rings is 1. The molecule has 1 amide bonds. The second-order valence-corrected chi connectivity index (χ2v) is 10.0. The predicted molar refractivity (Wildman–Crippen MR) is 114 cm³/mol. The zero-order valence-electron chi connectivity index (χ0n) is 17.8. The highest BCUT2D eigenvalue weighted by Crippen LogP contribution is 2.41. The summed E-state index contributed by atoms with van der Waals surface area (Å²) in [4.78, 5) is 21.0. The third-order valence-electron chi connectivity index (χ3n) is 6.54. The number of hydrogen-bond acceptors (Lipinski definition) is 6. The zero-order chi connectivity index (χ0) is 20.4. The molecule has 0 atom stereocenters. The summed E-state index contributed by atoms with van der Waals surface area (Å²) in [6.45, 7) is 11.2. The number of amides is 1. The van der Waals surface area contributed by atoms with E-state index < -0.39 is 0 Å². The minimum absolute atomic E-state index is 0.0837. The minimum atomic E-state index is -0.0837. The van der Waals surface area contributed by atoms with Crippen LogP contribution in [0.3, 0.4) is 0 Å². The summed E-state index contributed by atoms with van der Waals surface area (Å²) in [6, 6.07) is 0. The monoisotopic (exact) mass is 416 g/mol. The molecule has 0 bridgehead atoms. The van der Waals surface area contributed by atoms with Crippen LogP contribution in [0.25, 0.3) is 0 Å². The van der Waals surface area contributed by atoms with E-state index in [-0.39, 0.29) is 11.3 Å². The molecule has 4 heterocycles. The summed E-state index contributed by atoms with van der Waals surface area (Å²) < 4.78 is 2.09. The Bertz CT molecular complexity index is 849. The normalized spacial score (nSPS) is 18.9. The molecule has 1 N–H and O–H groups in total. The van der Waals surface area contributed by atoms with Crippen molar-refractivity contribution < 1.29 is 4.79 Å². The first-order valence-corrected chi connectivity index (χ1v) is 11.7. The summed E-state index contributed by atoms with van der Waals surface area (Å²) in [5, 5.41) is 11.6. The molecule has 0 radical (unpaired) electrons. The van der Waals surface area contributed by atoms with Gasteiger partial charge >= 0.3 is 0 Å². The highest BCUT2D eigenvalue weighted by atomic mass is 32.1. The molecule has 8 heteroatoms. The minimum Gasteiger partial charge on any atom is -0.349 e. The maximum Gasteiger partial charge on any atom is 0.289 e. The largest absolute Gasteiger partial charge is 0.349 e. The van der Waals surface area contributed by atoms with Crippen LogP contribution < -0.4 is 5.32 Å². The highest BCUT2D eigenvalue weighted by molar-refractivity contribution is 7.09. The molecule has 158 valence electrons. The zero-order valence-corrected chi connectivity index (χ0v) is 18.6. The number of carbonyl (C=O) groups is 1. The number of thiazole rings is 1. The van der Waals surface area contributed by atoms with E-state index in [1.54, 1.807) is 11.3 Å². The van der Waals surface area contributed by atoms with Gasteiger partial charge in [0.15, 0.2) is 0 Å². The Morgan fingerprint density at radius 2 is 2.07 bits per heavy atom. The van der Waals surface area contributed by atoms with Crippen molar-refractivity contribution in [1.82, 2.24) is 30.0 Å². The number of nitrogens with one attached hydrogen (secondary N) is 1. The van der Waals surface area contributed by atoms with Gasteiger partial charge < -0.3 is 9.88 Å². The molecule has 0 saturated carbocycles. The number of aromatic nitrogens is 4. The molecule has 7 nitrogen and oxygen atoms in total. The van der Waals surface area contributed by atoms with Crippen LogP contribution >= 0.6 is 11.3 Å². The quantitative estimate of drug-likeness (QED) is 0.783. The Morgan fingerprint density at radius 3 is 2.76 bits per heavy atom. The Hall–Kier alpha value is -1.80. The Balaban J connectivity index is 1.38. The van der Waals surface area contributed by atoms with Crippen LogP contribution in [0.2, 0.25) is 0 Å². The van der Waals surface area contributed by atoms with E-state index in [4.69, 9.17) is 0 Å². The lowest BCUT2D eigenvalue weighted by Gasteiger charge is -2.44. The SMILES string of the molecule is Cc1ncsc1CN1CCC2(CCc3nnc(C(=O)NCCC(C)C)n3C2)CC1. The Kier molecular flexibility index (Phi) is 6.01. The van der Waals surface area contributed by atoms with Gasteiger partial charge in [-0.25, -0.2) is 4.98 Å². The average molecular weight is 417 g/mol. The number of aryl methyl sites for hydroxylation is 2. The fraction of sp³-hybridized carbons (Fsp3) is 0.714. The summed E-state index contributed by atoms with van der Waals surface area (Å²) in [5.41, 5.74) is 3.37. The van der Waals surface area contributed by atoms with Gasteiger partial charge in [-0.1, -0.05) is 13.8 Å². The van der Waals surface area contributed by atoms with Gasteiger partial charge in [-0.2, -0.15) is 0 Å². The van der Waals surface area contributed by atoms with E-state index in [0.29, 0.717) is 18.3 Å². The molecule has 4 rings (SSSR count). The molecule has 2 aliphatic heterocycles. The molecular weight excluding hydrogens is 384 g/mol. The van der Waals surface area contributed by atoms with Crippen LogP contribution in [0.15, 0.2) is 5.51 Å². The fourth-order valence-corrected chi connectivity index (χ4v) is 5.29. The first kappa shape index (κ1) is 20.5. The molecule has 0 aliphatic carbocycles. The van der Waals surface area contributed by atoms with Crippen molar-refractivity contribution in [1.29, 1.82) is 0 Å². The van der Waals surface area contributed by atoms with Crippen molar-refractivity contribution in [3.63, 3.8) is 0 Å². The van der Waals surface area contributed by atoms with Crippen molar-refractivity contribution in [2.24, 2.45) is 11.3 Å². The highest BCUT2D eigenvalue weighted by Gasteiger charge is 2.39. The van der Waals surface area contributed by atoms with Gasteiger partial charge in [0.05, 0.1) is 11.2 Å². The van der Waals surface area contributed by atoms with Crippen LogP contribution in [-0.4, -0.2) is 50.2 Å². The summed E-state index contributed by atoms with van der Waals surface area (Å²) >= 11 is 1.76. The maximum atomic E-state index is 12.6. The van der Waals surface area contributed by atoms with Crippen molar-refractivity contribution in [3.05, 3.63) is 27.7 Å². The topological polar surface area (TPSA) is 75.9 Å². The van der Waals surface area contributed by atoms with Crippen LogP contribution in [0, 0.1) is 18.3 Å². The van der Waals surface area contributed by atoms with Crippen LogP contribution in [0.5, 0.6) is 0 Å². The van der Waals surface area contributed by atoms with E-state index >= 15 is 0 Å². The molecule has 1 saturated heterocycles. The number of carbonyl (C=O) groups excluding carboxylic acids is 1. The van der Waals surface area contributed by atoms with E-state index in [2.05, 4.69) is 50.7 Å². The number of likely N-dealkylation sites (tertiary alicyclic amines) is 1. The average Bonchev–Trinajstić information content (AvgIpc) is 3.29. The molecule has 2 aromatic heterocycles. The lowest BCUT2D eigenvalue weighted by atomic mass is 9.73. The summed E-state index contributed by atoms with van der Waals surface area (Å²) in [7, 11) is 0. The molecular formula is C21H32N6OS. The predicted octanol–water partition coefficient (Wildman–Crippen LogP) is 3.05. The first-order chi connectivity index (χ1) is 14.0. The third-order valence-corrected chi connectivity index (χ3v) is 7.46. The second kappa shape index (κ2) is 8.52. The lowest BCUT2D eigenvalue weighted by Crippen LogP contribution is -2.44. The summed E-state index contributed by atoms with van der Waals surface area (Å²) in [5.74, 6) is 1.95. The molecule has 0 aromatic carbocycles. The Labute approximate surface area is 176 Å². The van der Waals surface area contributed by atoms with Gasteiger partial charge in [0, 0.05) is 30.9 Å². The third kappa shape index (κ3) is 4.53. The molecule has 2 aromatic rings. The van der Waals surface area contributed by atoms with E-state index in [0.717, 1.165) is 69.8 Å². The second-order valence-electron chi connectivity index (χ2n) is 9.10. The summed E-state index contributed by atoms with van der Waals surface area (Å²) in [6.07, 6.45) is 5.37. The first-order valence-electron chi connectivity index (χ1n) is 10.8. The van der Waals surface area contributed by atoms with Crippen molar-refractivity contribution in [3.8, 4) is 0 Å². The van der Waals surface area contributed by atoms with Crippen molar-refractivity contribution in [2.75, 3.05) is 19.6 Å². The number of rotatable bonds is 6. The Morgan fingerprint density at radius 1 is 1.28 bits per heavy atom. The number of fused-ring (bicyclic) bond motifs is 1. The van der Waals surface area contributed by atoms with Crippen LogP contribution in [0.4, 0.5) is 0 Å². The van der Waals surface area contributed by atoms with Gasteiger partial charge in [-0.15, -0.1) is 21.5 Å². The van der Waals surface area contributed by atoms with Gasteiger partial charge in [-0.05, 0) is 57.0 Å². The van der Waals surface area contributed by atoms with Gasteiger partial charge in [0.2, 0.25) is 5.82 Å². The molecule has 1 fully saturated rings. The molecule has 2 aliphatic rings. The molecule has 29 heavy (non-hydrogen) atoms. The smallest absolute Gasteiger partial charge is 0.289 e. The van der Waals surface area contributed by atoms with Crippen molar-refractivity contribution in [2.45, 2.75) is 66.0 Å². The van der Waals surface area contributed by atoms with Gasteiger partial charge in [-0.3, -0.25) is 9.69 Å². The van der Waals surface area contributed by atoms with Crippen LogP contribution in [0.1, 0.15) is 66.5 Å².